The number of nitro benzene ring substituents is 1. The predicted octanol–water partition coefficient (Wildman–Crippen LogP) is -0.988. The molecule has 18 heavy (non-hydrogen) atoms. The van der Waals surface area contributed by atoms with E-state index in [0.717, 1.165) is 19.1 Å². The molecule has 0 unspecified atom stereocenters. The summed E-state index contributed by atoms with van der Waals surface area (Å²) in [5.74, 6) is -1.63. The molecule has 0 radical (unpaired) electrons. The zero-order valence-corrected chi connectivity index (χ0v) is 10.0. The minimum atomic E-state index is -4.29. The second kappa shape index (κ2) is 5.10. The molecule has 9 heteroatoms. The third-order valence-electron chi connectivity index (χ3n) is 2.04. The van der Waals surface area contributed by atoms with E-state index in [4.69, 9.17) is 0 Å². The molecule has 0 aromatic heterocycles. The number of nitrogens with zero attached hydrogens (tertiary/aromatic N) is 1. The number of carboxylic acid groups (broad SMARTS) is 1. The van der Waals surface area contributed by atoms with Gasteiger partial charge in [-0.15, -0.1) is 0 Å². The van der Waals surface area contributed by atoms with Crippen molar-refractivity contribution in [2.45, 2.75) is 17.9 Å². The average Bonchev–Trinajstić information content (AvgIpc) is 2.28. The van der Waals surface area contributed by atoms with Crippen LogP contribution in [0.25, 0.3) is 0 Å². The minimum Gasteiger partial charge on any atom is -0.548 e. The normalized spacial score (nSPS) is 12.9. The van der Waals surface area contributed by atoms with Crippen molar-refractivity contribution in [1.82, 2.24) is 4.72 Å². The fourth-order valence-corrected chi connectivity index (χ4v) is 2.54. The van der Waals surface area contributed by atoms with Crippen LogP contribution in [0.1, 0.15) is 6.92 Å². The second-order valence-electron chi connectivity index (χ2n) is 3.39. The van der Waals surface area contributed by atoms with Crippen LogP contribution in [0.3, 0.4) is 0 Å². The van der Waals surface area contributed by atoms with E-state index in [1.807, 2.05) is 0 Å². The van der Waals surface area contributed by atoms with Gasteiger partial charge in [-0.05, 0) is 13.0 Å². The zero-order chi connectivity index (χ0) is 13.9. The molecule has 0 amide bonds. The van der Waals surface area contributed by atoms with Crippen LogP contribution in [0, 0.1) is 10.1 Å². The summed E-state index contributed by atoms with van der Waals surface area (Å²) in [7, 11) is -4.29. The molecule has 0 heterocycles. The first-order valence-corrected chi connectivity index (χ1v) is 6.20. The largest absolute Gasteiger partial charge is 0.548 e. The van der Waals surface area contributed by atoms with Gasteiger partial charge in [0.2, 0.25) is 10.0 Å². The van der Waals surface area contributed by atoms with Gasteiger partial charge in [0.15, 0.2) is 4.90 Å². The summed E-state index contributed by atoms with van der Waals surface area (Å²) in [5, 5.41) is 21.1. The number of carbonyl (C=O) groups excluding carboxylic acids is 1. The van der Waals surface area contributed by atoms with Crippen LogP contribution >= 0.6 is 0 Å². The fourth-order valence-electron chi connectivity index (χ4n) is 1.18. The van der Waals surface area contributed by atoms with E-state index in [1.54, 1.807) is 4.72 Å². The molecule has 0 aliphatic heterocycles. The van der Waals surface area contributed by atoms with Gasteiger partial charge in [0, 0.05) is 6.07 Å². The zero-order valence-electron chi connectivity index (χ0n) is 9.19. The quantitative estimate of drug-likeness (QED) is 0.541. The Morgan fingerprint density at radius 2 is 1.94 bits per heavy atom. The first-order chi connectivity index (χ1) is 8.25. The average molecular weight is 273 g/mol. The Bertz CT molecular complexity index is 582. The topological polar surface area (TPSA) is 129 Å². The van der Waals surface area contributed by atoms with E-state index in [2.05, 4.69) is 0 Å². The molecular formula is C9H9N2O6S-. The Balaban J connectivity index is 3.21. The molecule has 1 aromatic rings. The standard InChI is InChI=1S/C9H10N2O6S/c1-6(9(12)13)10-18(16,17)8-5-3-2-4-7(8)11(14)15/h2-6,10H,1H3,(H,12,13)/p-1/t6-/m1/s1. The molecule has 0 aliphatic rings. The lowest BCUT2D eigenvalue weighted by Gasteiger charge is -2.14. The highest BCUT2D eigenvalue weighted by atomic mass is 32.2. The summed E-state index contributed by atoms with van der Waals surface area (Å²) in [5.41, 5.74) is -0.629. The Kier molecular flexibility index (Phi) is 3.99. The molecule has 1 N–H and O–H groups in total. The fraction of sp³-hybridized carbons (Fsp3) is 0.222. The highest BCUT2D eigenvalue weighted by Crippen LogP contribution is 2.22. The van der Waals surface area contributed by atoms with Gasteiger partial charge in [-0.2, -0.15) is 0 Å². The highest BCUT2D eigenvalue weighted by Gasteiger charge is 2.26. The highest BCUT2D eigenvalue weighted by molar-refractivity contribution is 7.89. The number of sulfonamides is 1. The molecule has 0 saturated heterocycles. The van der Waals surface area contributed by atoms with Gasteiger partial charge in [0.05, 0.1) is 16.9 Å². The van der Waals surface area contributed by atoms with Crippen molar-refractivity contribution in [2.75, 3.05) is 0 Å². The van der Waals surface area contributed by atoms with Gasteiger partial charge >= 0.3 is 0 Å². The van der Waals surface area contributed by atoms with E-state index in [1.165, 1.54) is 12.1 Å². The molecule has 0 aliphatic carbocycles. The second-order valence-corrected chi connectivity index (χ2v) is 5.07. The smallest absolute Gasteiger partial charge is 0.289 e. The third-order valence-corrected chi connectivity index (χ3v) is 3.63. The number of carboxylic acids is 1. The van der Waals surface area contributed by atoms with Crippen LogP contribution < -0.4 is 9.83 Å². The first kappa shape index (κ1) is 14.1. The lowest BCUT2D eigenvalue weighted by molar-refractivity contribution is -0.387. The summed E-state index contributed by atoms with van der Waals surface area (Å²) in [6.45, 7) is 1.06. The number of nitro groups is 1. The van der Waals surface area contributed by atoms with Crippen LogP contribution in [0.15, 0.2) is 29.2 Å². The van der Waals surface area contributed by atoms with E-state index in [0.29, 0.717) is 0 Å². The summed E-state index contributed by atoms with van der Waals surface area (Å²) in [4.78, 5) is 19.7. The van der Waals surface area contributed by atoms with Gasteiger partial charge in [0.1, 0.15) is 0 Å². The van der Waals surface area contributed by atoms with Crippen LogP contribution in [-0.2, 0) is 14.8 Å². The lowest BCUT2D eigenvalue weighted by Crippen LogP contribution is -2.45. The van der Waals surface area contributed by atoms with Gasteiger partial charge in [-0.1, -0.05) is 12.1 Å². The van der Waals surface area contributed by atoms with Crippen molar-refractivity contribution in [1.29, 1.82) is 0 Å². The number of para-hydroxylation sites is 1. The first-order valence-electron chi connectivity index (χ1n) is 4.72. The van der Waals surface area contributed by atoms with E-state index in [9.17, 15) is 28.4 Å². The number of nitrogens with one attached hydrogen (secondary N) is 1. The lowest BCUT2D eigenvalue weighted by atomic mass is 10.3. The van der Waals surface area contributed by atoms with Gasteiger partial charge in [-0.3, -0.25) is 10.1 Å². The number of hydrogen-bond acceptors (Lipinski definition) is 6. The van der Waals surface area contributed by atoms with Gasteiger partial charge in [0.25, 0.3) is 5.69 Å². The molecule has 0 fully saturated rings. The van der Waals surface area contributed by atoms with Crippen LogP contribution in [0.4, 0.5) is 5.69 Å². The van der Waals surface area contributed by atoms with Crippen LogP contribution in [0.5, 0.6) is 0 Å². The maximum Gasteiger partial charge on any atom is 0.289 e. The van der Waals surface area contributed by atoms with Crippen LogP contribution in [-0.4, -0.2) is 25.4 Å². The SMILES string of the molecule is C[C@@H](NS(=O)(=O)c1ccccc1[N+](=O)[O-])C(=O)[O-]. The Hall–Kier alpha value is -2.00. The molecule has 8 nitrogen and oxygen atoms in total. The molecule has 0 spiro atoms. The summed E-state index contributed by atoms with van der Waals surface area (Å²) >= 11 is 0. The van der Waals surface area contributed by atoms with Crippen molar-refractivity contribution in [3.05, 3.63) is 34.4 Å². The van der Waals surface area contributed by atoms with Crippen molar-refractivity contribution in [3.8, 4) is 0 Å². The maximum absolute atomic E-state index is 11.8. The number of benzene rings is 1. The maximum atomic E-state index is 11.8. The number of carbonyl (C=O) groups is 1. The van der Waals surface area contributed by atoms with E-state index >= 15 is 0 Å². The summed E-state index contributed by atoms with van der Waals surface area (Å²) in [6.07, 6.45) is 0. The van der Waals surface area contributed by atoms with Gasteiger partial charge < -0.3 is 9.90 Å². The molecule has 98 valence electrons. The number of rotatable bonds is 5. The van der Waals surface area contributed by atoms with E-state index in [-0.39, 0.29) is 0 Å². The summed E-state index contributed by atoms with van der Waals surface area (Å²) < 4.78 is 25.3. The molecule has 1 atom stereocenters. The van der Waals surface area contributed by atoms with Crippen LogP contribution in [0.2, 0.25) is 0 Å². The Morgan fingerprint density at radius 1 is 1.39 bits per heavy atom. The molecule has 0 saturated carbocycles. The number of hydrogen-bond donors (Lipinski definition) is 1. The Labute approximate surface area is 102 Å². The van der Waals surface area contributed by atoms with E-state index < -0.39 is 37.5 Å². The minimum absolute atomic E-state index is 0.594. The molecule has 1 aromatic carbocycles. The molecule has 1 rings (SSSR count). The van der Waals surface area contributed by atoms with Crippen molar-refractivity contribution < 1.29 is 23.2 Å². The molecular weight excluding hydrogens is 264 g/mol. The van der Waals surface area contributed by atoms with Crippen molar-refractivity contribution >= 4 is 21.7 Å². The van der Waals surface area contributed by atoms with Gasteiger partial charge in [-0.25, -0.2) is 13.1 Å². The Morgan fingerprint density at radius 3 is 2.44 bits per heavy atom. The third kappa shape index (κ3) is 3.02. The summed E-state index contributed by atoms with van der Waals surface area (Å²) in [6, 6.07) is 3.14. The van der Waals surface area contributed by atoms with Crippen molar-refractivity contribution in [3.63, 3.8) is 0 Å². The monoisotopic (exact) mass is 273 g/mol. The molecule has 0 bridgehead atoms. The number of aliphatic carboxylic acids is 1. The predicted molar refractivity (Wildman–Crippen MR) is 57.9 cm³/mol. The van der Waals surface area contributed by atoms with Crippen molar-refractivity contribution in [2.24, 2.45) is 0 Å².